The molecule has 0 saturated carbocycles. The van der Waals surface area contributed by atoms with Crippen LogP contribution in [0.2, 0.25) is 0 Å². The summed E-state index contributed by atoms with van der Waals surface area (Å²) in [5.41, 5.74) is 2.14. The van der Waals surface area contributed by atoms with Gasteiger partial charge in [-0.2, -0.15) is 10.2 Å². The Hall–Kier alpha value is -2.64. The summed E-state index contributed by atoms with van der Waals surface area (Å²) in [7, 11) is 0. The highest BCUT2D eigenvalue weighted by Crippen LogP contribution is 2.30. The lowest BCUT2D eigenvalue weighted by Crippen LogP contribution is -2.38. The minimum Gasteiger partial charge on any atom is -0.339 e. The molecule has 4 heterocycles. The van der Waals surface area contributed by atoms with Gasteiger partial charge < -0.3 is 9.80 Å². The van der Waals surface area contributed by atoms with Gasteiger partial charge in [-0.25, -0.2) is 0 Å². The molecule has 0 radical (unpaired) electrons. The Labute approximate surface area is 164 Å². The Bertz CT molecular complexity index is 827. The van der Waals surface area contributed by atoms with Crippen molar-refractivity contribution < 1.29 is 9.59 Å². The van der Waals surface area contributed by atoms with Gasteiger partial charge in [0.1, 0.15) is 5.69 Å². The van der Waals surface area contributed by atoms with Crippen molar-refractivity contribution in [1.29, 1.82) is 0 Å². The molecule has 150 valence electrons. The Morgan fingerprint density at radius 3 is 2.54 bits per heavy atom. The molecule has 8 heteroatoms. The van der Waals surface area contributed by atoms with Gasteiger partial charge in [0.2, 0.25) is 0 Å². The van der Waals surface area contributed by atoms with Crippen molar-refractivity contribution in [3.8, 4) is 0 Å². The number of piperidine rings is 1. The Morgan fingerprint density at radius 1 is 1.11 bits per heavy atom. The van der Waals surface area contributed by atoms with Gasteiger partial charge in [-0.3, -0.25) is 19.4 Å². The van der Waals surface area contributed by atoms with E-state index in [1.807, 2.05) is 20.7 Å². The van der Waals surface area contributed by atoms with Crippen molar-refractivity contribution in [2.45, 2.75) is 51.5 Å². The van der Waals surface area contributed by atoms with Crippen LogP contribution in [0.15, 0.2) is 18.5 Å². The first-order valence-corrected chi connectivity index (χ1v) is 10.3. The quantitative estimate of drug-likeness (QED) is 0.857. The fourth-order valence-corrected chi connectivity index (χ4v) is 4.23. The van der Waals surface area contributed by atoms with Crippen molar-refractivity contribution in [2.24, 2.45) is 0 Å². The normalized spacial score (nSPS) is 18.0. The highest BCUT2D eigenvalue weighted by Gasteiger charge is 2.31. The van der Waals surface area contributed by atoms with Crippen LogP contribution in [0.1, 0.15) is 71.5 Å². The summed E-state index contributed by atoms with van der Waals surface area (Å²) in [6, 6.07) is 1.80. The molecule has 2 aromatic rings. The fraction of sp³-hybridized carbons (Fsp3) is 0.600. The number of amides is 2. The molecule has 0 aromatic carbocycles. The van der Waals surface area contributed by atoms with E-state index in [2.05, 4.69) is 22.2 Å². The van der Waals surface area contributed by atoms with E-state index in [4.69, 9.17) is 0 Å². The first-order chi connectivity index (χ1) is 13.7. The van der Waals surface area contributed by atoms with Crippen LogP contribution in [-0.4, -0.2) is 67.8 Å². The van der Waals surface area contributed by atoms with Gasteiger partial charge in [0.05, 0.1) is 17.5 Å². The number of H-pyrrole nitrogens is 1. The minimum absolute atomic E-state index is 0.00807. The van der Waals surface area contributed by atoms with Crippen LogP contribution < -0.4 is 0 Å². The number of aromatic amines is 1. The van der Waals surface area contributed by atoms with Crippen LogP contribution in [0.3, 0.4) is 0 Å². The van der Waals surface area contributed by atoms with Crippen molar-refractivity contribution in [3.05, 3.63) is 35.4 Å². The molecule has 0 aliphatic carbocycles. The molecule has 0 bridgehead atoms. The SMILES string of the molecule is CCCn1ccc(C(=O)N2CCC(c3[nH]ncc3C(=O)N3CCCC3)CC2)n1. The first-order valence-electron chi connectivity index (χ1n) is 10.3. The van der Waals surface area contributed by atoms with Crippen molar-refractivity contribution in [3.63, 3.8) is 0 Å². The number of aromatic nitrogens is 4. The minimum atomic E-state index is -0.00807. The van der Waals surface area contributed by atoms with Crippen LogP contribution in [0.25, 0.3) is 0 Å². The Kier molecular flexibility index (Phi) is 5.45. The monoisotopic (exact) mass is 384 g/mol. The molecule has 2 aliphatic rings. The van der Waals surface area contributed by atoms with E-state index in [1.165, 1.54) is 0 Å². The van der Waals surface area contributed by atoms with E-state index in [1.54, 1.807) is 12.3 Å². The van der Waals surface area contributed by atoms with Crippen LogP contribution in [0.4, 0.5) is 0 Å². The Morgan fingerprint density at radius 2 is 1.82 bits per heavy atom. The summed E-state index contributed by atoms with van der Waals surface area (Å²) in [5.74, 6) is 0.304. The number of nitrogens with zero attached hydrogens (tertiary/aromatic N) is 5. The summed E-state index contributed by atoms with van der Waals surface area (Å²) >= 11 is 0. The number of carbonyl (C=O) groups is 2. The summed E-state index contributed by atoms with van der Waals surface area (Å²) in [4.78, 5) is 29.3. The third-order valence-electron chi connectivity index (χ3n) is 5.80. The molecule has 0 atom stereocenters. The van der Waals surface area contributed by atoms with Gasteiger partial charge in [-0.1, -0.05) is 6.92 Å². The summed E-state index contributed by atoms with van der Waals surface area (Å²) in [5, 5.41) is 11.6. The molecule has 4 rings (SSSR count). The van der Waals surface area contributed by atoms with Gasteiger partial charge in [0, 0.05) is 44.8 Å². The molecule has 2 amide bonds. The molecular formula is C20H28N6O2. The average molecular weight is 384 g/mol. The van der Waals surface area contributed by atoms with Crippen molar-refractivity contribution in [1.82, 2.24) is 29.8 Å². The lowest BCUT2D eigenvalue weighted by molar-refractivity contribution is 0.0701. The Balaban J connectivity index is 1.38. The van der Waals surface area contributed by atoms with E-state index in [0.29, 0.717) is 24.3 Å². The maximum absolute atomic E-state index is 12.8. The van der Waals surface area contributed by atoms with E-state index in [-0.39, 0.29) is 17.7 Å². The van der Waals surface area contributed by atoms with Gasteiger partial charge >= 0.3 is 0 Å². The zero-order valence-electron chi connectivity index (χ0n) is 16.4. The topological polar surface area (TPSA) is 87.1 Å². The van der Waals surface area contributed by atoms with Crippen LogP contribution >= 0.6 is 0 Å². The number of aryl methyl sites for hydroxylation is 1. The van der Waals surface area contributed by atoms with Crippen LogP contribution in [-0.2, 0) is 6.54 Å². The van der Waals surface area contributed by atoms with Crippen LogP contribution in [0, 0.1) is 0 Å². The second-order valence-corrected chi connectivity index (χ2v) is 7.73. The number of carbonyl (C=O) groups excluding carboxylic acids is 2. The van der Waals surface area contributed by atoms with E-state index >= 15 is 0 Å². The van der Waals surface area contributed by atoms with Gasteiger partial charge in [0.25, 0.3) is 11.8 Å². The number of nitrogens with one attached hydrogen (secondary N) is 1. The molecule has 2 aliphatic heterocycles. The molecule has 8 nitrogen and oxygen atoms in total. The molecule has 0 spiro atoms. The maximum atomic E-state index is 12.8. The molecule has 1 N–H and O–H groups in total. The van der Waals surface area contributed by atoms with Crippen LogP contribution in [0.5, 0.6) is 0 Å². The van der Waals surface area contributed by atoms with E-state index in [9.17, 15) is 9.59 Å². The zero-order chi connectivity index (χ0) is 19.5. The molecule has 0 unspecified atom stereocenters. The standard InChI is InChI=1S/C20H28N6O2/c1-2-8-26-13-7-17(23-26)20(28)25-11-5-15(6-12-25)18-16(14-21-22-18)19(27)24-9-3-4-10-24/h7,13-15H,2-6,8-12H2,1H3,(H,21,22). The highest BCUT2D eigenvalue weighted by molar-refractivity contribution is 5.95. The van der Waals surface area contributed by atoms with Gasteiger partial charge in [-0.15, -0.1) is 0 Å². The predicted molar refractivity (Wildman–Crippen MR) is 104 cm³/mol. The number of hydrogen-bond acceptors (Lipinski definition) is 4. The fourth-order valence-electron chi connectivity index (χ4n) is 4.23. The third-order valence-corrected chi connectivity index (χ3v) is 5.80. The number of likely N-dealkylation sites (tertiary alicyclic amines) is 2. The number of rotatable bonds is 5. The molecular weight excluding hydrogens is 356 g/mol. The number of hydrogen-bond donors (Lipinski definition) is 1. The summed E-state index contributed by atoms with van der Waals surface area (Å²) < 4.78 is 1.82. The molecule has 2 fully saturated rings. The molecule has 2 aromatic heterocycles. The summed E-state index contributed by atoms with van der Waals surface area (Å²) in [6.45, 7) is 5.91. The lowest BCUT2D eigenvalue weighted by Gasteiger charge is -2.31. The maximum Gasteiger partial charge on any atom is 0.274 e. The first kappa shape index (κ1) is 18.7. The largest absolute Gasteiger partial charge is 0.339 e. The van der Waals surface area contributed by atoms with E-state index < -0.39 is 0 Å². The predicted octanol–water partition coefficient (Wildman–Crippen LogP) is 2.27. The third kappa shape index (κ3) is 3.68. The smallest absolute Gasteiger partial charge is 0.274 e. The van der Waals surface area contributed by atoms with Crippen molar-refractivity contribution >= 4 is 11.8 Å². The highest BCUT2D eigenvalue weighted by atomic mass is 16.2. The molecule has 2 saturated heterocycles. The second-order valence-electron chi connectivity index (χ2n) is 7.73. The molecule has 28 heavy (non-hydrogen) atoms. The van der Waals surface area contributed by atoms with Crippen molar-refractivity contribution in [2.75, 3.05) is 26.2 Å². The second kappa shape index (κ2) is 8.16. The zero-order valence-corrected chi connectivity index (χ0v) is 16.4. The van der Waals surface area contributed by atoms with Gasteiger partial charge in [0.15, 0.2) is 0 Å². The van der Waals surface area contributed by atoms with E-state index in [0.717, 1.165) is 57.4 Å². The average Bonchev–Trinajstić information content (AvgIpc) is 3.48. The lowest BCUT2D eigenvalue weighted by atomic mass is 9.91. The summed E-state index contributed by atoms with van der Waals surface area (Å²) in [6.07, 6.45) is 8.32. The van der Waals surface area contributed by atoms with Gasteiger partial charge in [-0.05, 0) is 38.2 Å².